The Morgan fingerprint density at radius 1 is 1.38 bits per heavy atom. The van der Waals surface area contributed by atoms with Gasteiger partial charge in [0.25, 0.3) is 0 Å². The lowest BCUT2D eigenvalue weighted by atomic mass is 10.2. The van der Waals surface area contributed by atoms with Crippen molar-refractivity contribution in [2.45, 2.75) is 27.3 Å². The van der Waals surface area contributed by atoms with Gasteiger partial charge in [0.15, 0.2) is 0 Å². The Morgan fingerprint density at radius 2 is 2.06 bits per heavy atom. The van der Waals surface area contributed by atoms with Crippen LogP contribution in [0.2, 0.25) is 0 Å². The van der Waals surface area contributed by atoms with Gasteiger partial charge < -0.3 is 4.90 Å². The third-order valence-corrected chi connectivity index (χ3v) is 3.32. The predicted octanol–water partition coefficient (Wildman–Crippen LogP) is 3.49. The fourth-order valence-corrected chi connectivity index (χ4v) is 2.45. The fraction of sp³-hybridized carbons (Fsp3) is 0.462. The maximum Gasteiger partial charge on any atom is 0.123 e. The zero-order valence-corrected chi connectivity index (χ0v) is 11.6. The highest BCUT2D eigenvalue weighted by Gasteiger charge is 2.09. The van der Waals surface area contributed by atoms with Crippen LogP contribution in [0.25, 0.3) is 5.57 Å². The normalized spacial score (nSPS) is 13.0. The van der Waals surface area contributed by atoms with Crippen LogP contribution < -0.4 is 0 Å². The number of thiazole rings is 1. The predicted molar refractivity (Wildman–Crippen MR) is 72.7 cm³/mol. The van der Waals surface area contributed by atoms with Crippen LogP contribution in [0.5, 0.6) is 0 Å². The standard InChI is InChI=1S/C13H20N2S/c1-6-8-11(7-2)13-14-12(9-15(4)5)10(3)16-13/h6-8H,9H2,1-5H3. The summed E-state index contributed by atoms with van der Waals surface area (Å²) < 4.78 is 0. The van der Waals surface area contributed by atoms with Crippen LogP contribution in [0.4, 0.5) is 0 Å². The summed E-state index contributed by atoms with van der Waals surface area (Å²) in [5, 5.41) is 1.12. The summed E-state index contributed by atoms with van der Waals surface area (Å²) >= 11 is 1.77. The molecule has 88 valence electrons. The summed E-state index contributed by atoms with van der Waals surface area (Å²) in [4.78, 5) is 8.16. The lowest BCUT2D eigenvalue weighted by Crippen LogP contribution is -2.11. The van der Waals surface area contributed by atoms with Gasteiger partial charge in [0, 0.05) is 17.0 Å². The molecule has 0 saturated heterocycles. The van der Waals surface area contributed by atoms with Gasteiger partial charge in [0.05, 0.1) is 5.69 Å². The first kappa shape index (κ1) is 13.1. The molecule has 2 nitrogen and oxygen atoms in total. The van der Waals surface area contributed by atoms with E-state index in [1.165, 1.54) is 16.1 Å². The number of allylic oxidation sites excluding steroid dienone is 4. The van der Waals surface area contributed by atoms with Crippen LogP contribution in [-0.4, -0.2) is 24.0 Å². The molecule has 1 aromatic heterocycles. The summed E-state index contributed by atoms with van der Waals surface area (Å²) in [6, 6.07) is 0. The number of nitrogens with zero attached hydrogens (tertiary/aromatic N) is 2. The van der Waals surface area contributed by atoms with Gasteiger partial charge in [-0.3, -0.25) is 0 Å². The van der Waals surface area contributed by atoms with E-state index >= 15 is 0 Å². The van der Waals surface area contributed by atoms with E-state index < -0.39 is 0 Å². The van der Waals surface area contributed by atoms with Crippen molar-refractivity contribution in [1.82, 2.24) is 9.88 Å². The molecule has 1 heterocycles. The Balaban J connectivity index is 2.99. The van der Waals surface area contributed by atoms with E-state index in [-0.39, 0.29) is 0 Å². The summed E-state index contributed by atoms with van der Waals surface area (Å²) in [5.41, 5.74) is 2.40. The van der Waals surface area contributed by atoms with E-state index in [4.69, 9.17) is 4.98 Å². The molecule has 0 aliphatic carbocycles. The second-order valence-electron chi connectivity index (χ2n) is 4.00. The van der Waals surface area contributed by atoms with Crippen molar-refractivity contribution in [2.75, 3.05) is 14.1 Å². The van der Waals surface area contributed by atoms with Crippen LogP contribution in [0, 0.1) is 6.92 Å². The van der Waals surface area contributed by atoms with Crippen LogP contribution in [0.1, 0.15) is 29.4 Å². The summed E-state index contributed by atoms with van der Waals surface area (Å²) in [6.07, 6.45) is 6.27. The fourth-order valence-electron chi connectivity index (χ4n) is 1.47. The Labute approximate surface area is 102 Å². The summed E-state index contributed by atoms with van der Waals surface area (Å²) in [6.45, 7) is 7.14. The van der Waals surface area contributed by atoms with Gasteiger partial charge in [0.1, 0.15) is 5.01 Å². The van der Waals surface area contributed by atoms with Crippen molar-refractivity contribution in [2.24, 2.45) is 0 Å². The summed E-state index contributed by atoms with van der Waals surface area (Å²) in [7, 11) is 4.14. The second-order valence-corrected chi connectivity index (χ2v) is 5.21. The maximum atomic E-state index is 4.70. The Hall–Kier alpha value is -0.930. The van der Waals surface area contributed by atoms with Gasteiger partial charge >= 0.3 is 0 Å². The number of aromatic nitrogens is 1. The zero-order chi connectivity index (χ0) is 12.1. The third kappa shape index (κ3) is 3.29. The van der Waals surface area contributed by atoms with E-state index in [1.807, 2.05) is 6.92 Å². The van der Waals surface area contributed by atoms with E-state index in [0.29, 0.717) is 0 Å². The van der Waals surface area contributed by atoms with Crippen molar-refractivity contribution in [3.63, 3.8) is 0 Å². The number of hydrogen-bond donors (Lipinski definition) is 0. The maximum absolute atomic E-state index is 4.70. The van der Waals surface area contributed by atoms with Crippen LogP contribution >= 0.6 is 11.3 Å². The Morgan fingerprint density at radius 3 is 2.56 bits per heavy atom. The molecule has 16 heavy (non-hydrogen) atoms. The van der Waals surface area contributed by atoms with Crippen molar-refractivity contribution >= 4 is 16.9 Å². The molecule has 1 rings (SSSR count). The van der Waals surface area contributed by atoms with Crippen LogP contribution in [0.3, 0.4) is 0 Å². The van der Waals surface area contributed by atoms with Gasteiger partial charge in [-0.1, -0.05) is 18.2 Å². The SMILES string of the molecule is CC=CC(=CC)c1nc(CN(C)C)c(C)s1. The molecular weight excluding hydrogens is 216 g/mol. The Kier molecular flexibility index (Phi) is 4.90. The highest BCUT2D eigenvalue weighted by molar-refractivity contribution is 7.12. The Bertz CT molecular complexity index is 400. The highest BCUT2D eigenvalue weighted by Crippen LogP contribution is 2.25. The molecule has 0 fully saturated rings. The van der Waals surface area contributed by atoms with Crippen molar-refractivity contribution in [3.8, 4) is 0 Å². The van der Waals surface area contributed by atoms with Crippen molar-refractivity contribution in [3.05, 3.63) is 33.8 Å². The molecular formula is C13H20N2S. The van der Waals surface area contributed by atoms with E-state index in [2.05, 4.69) is 51.1 Å². The molecule has 0 amide bonds. The monoisotopic (exact) mass is 236 g/mol. The lowest BCUT2D eigenvalue weighted by Gasteiger charge is -2.06. The molecule has 0 radical (unpaired) electrons. The number of hydrogen-bond acceptors (Lipinski definition) is 3. The first-order chi connectivity index (χ1) is 7.58. The molecule has 0 spiro atoms. The summed E-state index contributed by atoms with van der Waals surface area (Å²) in [5.74, 6) is 0. The van der Waals surface area contributed by atoms with Crippen molar-refractivity contribution in [1.29, 1.82) is 0 Å². The lowest BCUT2D eigenvalue weighted by molar-refractivity contribution is 0.397. The second kappa shape index (κ2) is 5.97. The largest absolute Gasteiger partial charge is 0.304 e. The molecule has 1 aromatic rings. The minimum Gasteiger partial charge on any atom is -0.304 e. The van der Waals surface area contributed by atoms with Gasteiger partial charge in [-0.05, 0) is 34.9 Å². The average molecular weight is 236 g/mol. The highest BCUT2D eigenvalue weighted by atomic mass is 32.1. The zero-order valence-electron chi connectivity index (χ0n) is 10.7. The van der Waals surface area contributed by atoms with Gasteiger partial charge in [-0.2, -0.15) is 0 Å². The first-order valence-electron chi connectivity index (χ1n) is 5.49. The number of aryl methyl sites for hydroxylation is 1. The minimum atomic E-state index is 0.912. The number of rotatable bonds is 4. The van der Waals surface area contributed by atoms with Gasteiger partial charge in [0.2, 0.25) is 0 Å². The molecule has 0 bridgehead atoms. The molecule has 0 N–H and O–H groups in total. The van der Waals surface area contributed by atoms with Gasteiger partial charge in [-0.15, -0.1) is 11.3 Å². The smallest absolute Gasteiger partial charge is 0.123 e. The molecule has 0 aliphatic heterocycles. The molecule has 0 aromatic carbocycles. The topological polar surface area (TPSA) is 16.1 Å². The quantitative estimate of drug-likeness (QED) is 0.744. The van der Waals surface area contributed by atoms with Crippen LogP contribution in [-0.2, 0) is 6.54 Å². The molecule has 0 aliphatic rings. The molecule has 0 unspecified atom stereocenters. The minimum absolute atomic E-state index is 0.912. The van der Waals surface area contributed by atoms with E-state index in [9.17, 15) is 0 Å². The molecule has 3 heteroatoms. The van der Waals surface area contributed by atoms with Crippen LogP contribution in [0.15, 0.2) is 18.2 Å². The van der Waals surface area contributed by atoms with E-state index in [0.717, 1.165) is 11.6 Å². The van der Waals surface area contributed by atoms with Crippen molar-refractivity contribution < 1.29 is 0 Å². The first-order valence-corrected chi connectivity index (χ1v) is 6.30. The van der Waals surface area contributed by atoms with E-state index in [1.54, 1.807) is 11.3 Å². The molecule has 0 atom stereocenters. The molecule has 0 saturated carbocycles. The average Bonchev–Trinajstić information content (AvgIpc) is 2.56. The van der Waals surface area contributed by atoms with Gasteiger partial charge in [-0.25, -0.2) is 4.98 Å². The third-order valence-electron chi connectivity index (χ3n) is 2.26.